The number of nitrogens with zero attached hydrogens (tertiary/aromatic N) is 1. The molecule has 0 spiro atoms. The molecule has 0 amide bonds. The molecule has 5 nitrogen and oxygen atoms in total. The monoisotopic (exact) mass is 259 g/mol. The van der Waals surface area contributed by atoms with E-state index in [1.54, 1.807) is 0 Å². The van der Waals surface area contributed by atoms with E-state index >= 15 is 0 Å². The van der Waals surface area contributed by atoms with Gasteiger partial charge >= 0.3 is 0 Å². The number of fused-ring (bicyclic) bond motifs is 2. The van der Waals surface area contributed by atoms with Crippen LogP contribution in [0.3, 0.4) is 0 Å². The van der Waals surface area contributed by atoms with E-state index in [1.165, 1.54) is 6.42 Å². The molecule has 1 unspecified atom stereocenters. The number of H-pyrrole nitrogens is 1. The fourth-order valence-corrected chi connectivity index (χ4v) is 2.86. The molecule has 2 N–H and O–H groups in total. The first-order chi connectivity index (χ1) is 9.38. The van der Waals surface area contributed by atoms with E-state index in [2.05, 4.69) is 15.3 Å². The number of aromatic amines is 1. The van der Waals surface area contributed by atoms with Gasteiger partial charge in [0, 0.05) is 18.6 Å². The van der Waals surface area contributed by atoms with Gasteiger partial charge in [0.15, 0.2) is 11.5 Å². The Morgan fingerprint density at radius 2 is 2.05 bits per heavy atom. The molecule has 0 aliphatic carbocycles. The lowest BCUT2D eigenvalue weighted by molar-refractivity contribution is 0.172. The molecule has 0 radical (unpaired) electrons. The normalized spacial score (nSPS) is 22.0. The molecule has 2 aliphatic heterocycles. The van der Waals surface area contributed by atoms with E-state index in [9.17, 15) is 0 Å². The van der Waals surface area contributed by atoms with Gasteiger partial charge in [0.2, 0.25) is 0 Å². The van der Waals surface area contributed by atoms with Crippen LogP contribution in [0.2, 0.25) is 0 Å². The van der Waals surface area contributed by atoms with Crippen molar-refractivity contribution in [1.82, 2.24) is 15.3 Å². The van der Waals surface area contributed by atoms with Crippen LogP contribution in [-0.4, -0.2) is 36.3 Å². The first kappa shape index (κ1) is 11.1. The Balaban J connectivity index is 1.66. The SMILES string of the molecule is c1c2c(cc3[nH]c(CC4CCNC4)nc13)OCCO2. The van der Waals surface area contributed by atoms with Gasteiger partial charge in [0.25, 0.3) is 0 Å². The van der Waals surface area contributed by atoms with Gasteiger partial charge in [-0.25, -0.2) is 4.98 Å². The van der Waals surface area contributed by atoms with Crippen molar-refractivity contribution in [3.05, 3.63) is 18.0 Å². The van der Waals surface area contributed by atoms with Crippen molar-refractivity contribution in [3.8, 4) is 11.5 Å². The number of nitrogens with one attached hydrogen (secondary N) is 2. The van der Waals surface area contributed by atoms with E-state index in [0.29, 0.717) is 19.1 Å². The lowest BCUT2D eigenvalue weighted by atomic mass is 10.1. The zero-order valence-corrected chi connectivity index (χ0v) is 10.7. The maximum Gasteiger partial charge on any atom is 0.163 e. The van der Waals surface area contributed by atoms with Crippen molar-refractivity contribution in [2.45, 2.75) is 12.8 Å². The largest absolute Gasteiger partial charge is 0.486 e. The van der Waals surface area contributed by atoms with Crippen LogP contribution in [0.1, 0.15) is 12.2 Å². The van der Waals surface area contributed by atoms with Crippen molar-refractivity contribution < 1.29 is 9.47 Å². The minimum atomic E-state index is 0.615. The quantitative estimate of drug-likeness (QED) is 0.858. The Kier molecular flexibility index (Phi) is 2.58. The van der Waals surface area contributed by atoms with Crippen molar-refractivity contribution >= 4 is 11.0 Å². The molecule has 19 heavy (non-hydrogen) atoms. The number of aromatic nitrogens is 2. The number of rotatable bonds is 2. The van der Waals surface area contributed by atoms with Crippen LogP contribution in [0.15, 0.2) is 12.1 Å². The maximum atomic E-state index is 5.59. The third-order valence-corrected chi connectivity index (χ3v) is 3.84. The number of imidazole rings is 1. The zero-order valence-electron chi connectivity index (χ0n) is 10.7. The average molecular weight is 259 g/mol. The molecule has 1 atom stereocenters. The minimum absolute atomic E-state index is 0.615. The van der Waals surface area contributed by atoms with Gasteiger partial charge in [-0.2, -0.15) is 0 Å². The second-order valence-corrected chi connectivity index (χ2v) is 5.26. The van der Waals surface area contributed by atoms with Gasteiger partial charge < -0.3 is 19.8 Å². The first-order valence-corrected chi connectivity index (χ1v) is 6.87. The summed E-state index contributed by atoms with van der Waals surface area (Å²) in [5.41, 5.74) is 2.00. The predicted octanol–water partition coefficient (Wildman–Crippen LogP) is 1.49. The van der Waals surface area contributed by atoms with Crippen LogP contribution in [0, 0.1) is 5.92 Å². The number of ether oxygens (including phenoxy) is 2. The van der Waals surface area contributed by atoms with E-state index in [0.717, 1.165) is 47.9 Å². The molecule has 0 saturated carbocycles. The summed E-state index contributed by atoms with van der Waals surface area (Å²) in [7, 11) is 0. The zero-order chi connectivity index (χ0) is 12.7. The average Bonchev–Trinajstić information content (AvgIpc) is 3.05. The number of benzene rings is 1. The molecular formula is C14H17N3O2. The Morgan fingerprint density at radius 3 is 2.84 bits per heavy atom. The van der Waals surface area contributed by atoms with Crippen molar-refractivity contribution in [2.24, 2.45) is 5.92 Å². The highest BCUT2D eigenvalue weighted by molar-refractivity contribution is 5.79. The van der Waals surface area contributed by atoms with E-state index in [-0.39, 0.29) is 0 Å². The lowest BCUT2D eigenvalue weighted by Gasteiger charge is -2.17. The Morgan fingerprint density at radius 1 is 1.21 bits per heavy atom. The summed E-state index contributed by atoms with van der Waals surface area (Å²) in [6.07, 6.45) is 2.24. The summed E-state index contributed by atoms with van der Waals surface area (Å²) in [5, 5.41) is 3.39. The topological polar surface area (TPSA) is 59.2 Å². The fourth-order valence-electron chi connectivity index (χ4n) is 2.86. The van der Waals surface area contributed by atoms with Crippen LogP contribution in [0.25, 0.3) is 11.0 Å². The van der Waals surface area contributed by atoms with Crippen LogP contribution >= 0.6 is 0 Å². The van der Waals surface area contributed by atoms with Crippen molar-refractivity contribution in [1.29, 1.82) is 0 Å². The molecule has 3 heterocycles. The van der Waals surface area contributed by atoms with Gasteiger partial charge in [0.1, 0.15) is 19.0 Å². The van der Waals surface area contributed by atoms with Gasteiger partial charge in [0.05, 0.1) is 11.0 Å². The maximum absolute atomic E-state index is 5.59. The van der Waals surface area contributed by atoms with Crippen molar-refractivity contribution in [2.75, 3.05) is 26.3 Å². The molecule has 100 valence electrons. The third kappa shape index (κ3) is 2.04. The Labute approximate surface area is 111 Å². The second-order valence-electron chi connectivity index (χ2n) is 5.26. The van der Waals surface area contributed by atoms with Gasteiger partial charge in [-0.3, -0.25) is 0 Å². The number of hydrogen-bond acceptors (Lipinski definition) is 4. The standard InChI is InChI=1S/C14H17N3O2/c1-2-15-8-9(1)5-14-16-10-6-12-13(7-11(10)17-14)19-4-3-18-12/h6-7,9,15H,1-5,8H2,(H,16,17). The molecule has 1 aromatic heterocycles. The summed E-state index contributed by atoms with van der Waals surface area (Å²) >= 11 is 0. The van der Waals surface area contributed by atoms with Crippen LogP contribution in [0.5, 0.6) is 11.5 Å². The Hall–Kier alpha value is -1.75. The summed E-state index contributed by atoms with van der Waals surface area (Å²) in [6.45, 7) is 3.46. The molecule has 0 bridgehead atoms. The molecule has 2 aromatic rings. The van der Waals surface area contributed by atoms with E-state index in [1.807, 2.05) is 12.1 Å². The minimum Gasteiger partial charge on any atom is -0.486 e. The van der Waals surface area contributed by atoms with Crippen LogP contribution in [-0.2, 0) is 6.42 Å². The smallest absolute Gasteiger partial charge is 0.163 e. The van der Waals surface area contributed by atoms with Gasteiger partial charge in [-0.1, -0.05) is 0 Å². The molecule has 2 aliphatic rings. The van der Waals surface area contributed by atoms with E-state index in [4.69, 9.17) is 9.47 Å². The predicted molar refractivity (Wildman–Crippen MR) is 71.8 cm³/mol. The van der Waals surface area contributed by atoms with E-state index < -0.39 is 0 Å². The molecule has 5 heteroatoms. The van der Waals surface area contributed by atoms with Gasteiger partial charge in [-0.15, -0.1) is 0 Å². The summed E-state index contributed by atoms with van der Waals surface area (Å²) < 4.78 is 11.2. The second kappa shape index (κ2) is 4.42. The molecule has 1 fully saturated rings. The highest BCUT2D eigenvalue weighted by Gasteiger charge is 2.18. The van der Waals surface area contributed by atoms with Gasteiger partial charge in [-0.05, 0) is 25.4 Å². The molecule has 4 rings (SSSR count). The molecule has 1 saturated heterocycles. The highest BCUT2D eigenvalue weighted by atomic mass is 16.6. The molecule has 1 aromatic carbocycles. The van der Waals surface area contributed by atoms with Crippen molar-refractivity contribution in [3.63, 3.8) is 0 Å². The summed E-state index contributed by atoms with van der Waals surface area (Å²) in [6, 6.07) is 3.96. The van der Waals surface area contributed by atoms with Crippen LogP contribution < -0.4 is 14.8 Å². The highest BCUT2D eigenvalue weighted by Crippen LogP contribution is 2.33. The lowest BCUT2D eigenvalue weighted by Crippen LogP contribution is -2.15. The number of hydrogen-bond donors (Lipinski definition) is 2. The van der Waals surface area contributed by atoms with Crippen LogP contribution in [0.4, 0.5) is 0 Å². The third-order valence-electron chi connectivity index (χ3n) is 3.84. The fraction of sp³-hybridized carbons (Fsp3) is 0.500. The summed E-state index contributed by atoms with van der Waals surface area (Å²) in [5.74, 6) is 3.38. The first-order valence-electron chi connectivity index (χ1n) is 6.87. The summed E-state index contributed by atoms with van der Waals surface area (Å²) in [4.78, 5) is 8.06. The molecular weight excluding hydrogens is 242 g/mol. The Bertz CT molecular complexity index is 559.